The molecule has 2 N–H and O–H groups in total. The molecule has 0 bridgehead atoms. The van der Waals surface area contributed by atoms with Crippen molar-refractivity contribution in [3.05, 3.63) is 0 Å². The van der Waals surface area contributed by atoms with Crippen LogP contribution in [0, 0.1) is 11.8 Å². The molecule has 0 heterocycles. The second-order valence-corrected chi connectivity index (χ2v) is 7.19. The van der Waals surface area contributed by atoms with Crippen molar-refractivity contribution in [1.82, 2.24) is 5.32 Å². The van der Waals surface area contributed by atoms with Gasteiger partial charge in [-0.3, -0.25) is 0 Å². The van der Waals surface area contributed by atoms with Gasteiger partial charge in [0.25, 0.3) is 0 Å². The summed E-state index contributed by atoms with van der Waals surface area (Å²) in [7, 11) is 0. The fourth-order valence-corrected chi connectivity index (χ4v) is 3.25. The largest absolute Gasteiger partial charge is 0.394 e. The molecule has 5 atom stereocenters. The van der Waals surface area contributed by atoms with Gasteiger partial charge in [-0.25, -0.2) is 0 Å². The third-order valence-electron chi connectivity index (χ3n) is 4.86. The first kappa shape index (κ1) is 17.9. The lowest BCUT2D eigenvalue weighted by Gasteiger charge is -2.36. The van der Waals surface area contributed by atoms with Crippen molar-refractivity contribution in [2.45, 2.75) is 84.5 Å². The first-order valence-electron chi connectivity index (χ1n) is 8.41. The molecule has 3 heteroatoms. The molecular formula is C17H35NO2. The summed E-state index contributed by atoms with van der Waals surface area (Å²) in [5, 5.41) is 13.1. The van der Waals surface area contributed by atoms with Gasteiger partial charge in [-0.05, 0) is 64.3 Å². The number of hydrogen-bond donors (Lipinski definition) is 2. The molecule has 0 aliphatic heterocycles. The molecule has 5 unspecified atom stereocenters. The monoisotopic (exact) mass is 285 g/mol. The summed E-state index contributed by atoms with van der Waals surface area (Å²) in [4.78, 5) is 0. The Balaban J connectivity index is 2.39. The normalized spacial score (nSPS) is 31.8. The summed E-state index contributed by atoms with van der Waals surface area (Å²) < 4.78 is 6.24. The van der Waals surface area contributed by atoms with Gasteiger partial charge in [0.2, 0.25) is 0 Å². The molecule has 20 heavy (non-hydrogen) atoms. The van der Waals surface area contributed by atoms with E-state index in [4.69, 9.17) is 4.74 Å². The van der Waals surface area contributed by atoms with E-state index in [1.807, 2.05) is 0 Å². The molecule has 0 saturated heterocycles. The fraction of sp³-hybridized carbons (Fsp3) is 1.00. The van der Waals surface area contributed by atoms with Gasteiger partial charge >= 0.3 is 0 Å². The van der Waals surface area contributed by atoms with Crippen LogP contribution in [0.2, 0.25) is 0 Å². The zero-order valence-electron chi connectivity index (χ0n) is 14.1. The lowest BCUT2D eigenvalue weighted by molar-refractivity contribution is -0.0546. The molecule has 0 amide bonds. The molecule has 0 aromatic carbocycles. The lowest BCUT2D eigenvalue weighted by Crippen LogP contribution is -2.48. The van der Waals surface area contributed by atoms with Gasteiger partial charge in [-0.1, -0.05) is 20.8 Å². The van der Waals surface area contributed by atoms with Crippen molar-refractivity contribution in [3.8, 4) is 0 Å². The first-order valence-corrected chi connectivity index (χ1v) is 8.41. The van der Waals surface area contributed by atoms with Gasteiger partial charge in [0.1, 0.15) is 0 Å². The Morgan fingerprint density at radius 2 is 2.00 bits per heavy atom. The molecule has 1 aliphatic carbocycles. The predicted octanol–water partition coefficient (Wildman–Crippen LogP) is 3.36. The standard InChI is InChI=1S/C17H35NO2/c1-6-9-18-17(5,12-19)11-15(4)20-16-8-7-13(2)14(3)10-16/h13-16,18-19H,6-12H2,1-5H3. The summed E-state index contributed by atoms with van der Waals surface area (Å²) in [6, 6.07) is 0. The van der Waals surface area contributed by atoms with Crippen LogP contribution in [0.1, 0.15) is 66.7 Å². The highest BCUT2D eigenvalue weighted by molar-refractivity contribution is 4.85. The average molecular weight is 285 g/mol. The van der Waals surface area contributed by atoms with E-state index in [1.54, 1.807) is 0 Å². The Morgan fingerprint density at radius 1 is 1.30 bits per heavy atom. The third-order valence-corrected chi connectivity index (χ3v) is 4.86. The van der Waals surface area contributed by atoms with E-state index in [2.05, 4.69) is 39.9 Å². The molecular weight excluding hydrogens is 250 g/mol. The maximum absolute atomic E-state index is 9.63. The molecule has 0 radical (unpaired) electrons. The zero-order chi connectivity index (χ0) is 15.2. The number of rotatable bonds is 8. The van der Waals surface area contributed by atoms with Crippen LogP contribution in [-0.2, 0) is 4.74 Å². The van der Waals surface area contributed by atoms with E-state index in [1.165, 1.54) is 19.3 Å². The topological polar surface area (TPSA) is 41.5 Å². The number of nitrogens with one attached hydrogen (secondary N) is 1. The predicted molar refractivity (Wildman–Crippen MR) is 84.9 cm³/mol. The van der Waals surface area contributed by atoms with Gasteiger partial charge in [0.05, 0.1) is 18.8 Å². The summed E-state index contributed by atoms with van der Waals surface area (Å²) >= 11 is 0. The van der Waals surface area contributed by atoms with E-state index >= 15 is 0 Å². The van der Waals surface area contributed by atoms with Crippen LogP contribution < -0.4 is 5.32 Å². The van der Waals surface area contributed by atoms with Crippen LogP contribution in [0.15, 0.2) is 0 Å². The minimum atomic E-state index is -0.219. The summed E-state index contributed by atoms with van der Waals surface area (Å²) in [5.41, 5.74) is -0.219. The maximum atomic E-state index is 9.63. The highest BCUT2D eigenvalue weighted by Gasteiger charge is 2.29. The highest BCUT2D eigenvalue weighted by atomic mass is 16.5. The fourth-order valence-electron chi connectivity index (χ4n) is 3.25. The van der Waals surface area contributed by atoms with Crippen molar-refractivity contribution in [1.29, 1.82) is 0 Å². The van der Waals surface area contributed by atoms with Gasteiger partial charge in [0, 0.05) is 5.54 Å². The molecule has 1 rings (SSSR count). The zero-order valence-corrected chi connectivity index (χ0v) is 14.1. The number of ether oxygens (including phenoxy) is 1. The van der Waals surface area contributed by atoms with Gasteiger partial charge in [-0.15, -0.1) is 0 Å². The van der Waals surface area contributed by atoms with E-state index in [0.29, 0.717) is 6.10 Å². The minimum absolute atomic E-state index is 0.165. The van der Waals surface area contributed by atoms with Crippen molar-refractivity contribution < 1.29 is 9.84 Å². The second-order valence-electron chi connectivity index (χ2n) is 7.19. The third kappa shape index (κ3) is 5.71. The SMILES string of the molecule is CCCNC(C)(CO)CC(C)OC1CCC(C)C(C)C1. The quantitative estimate of drug-likeness (QED) is 0.718. The van der Waals surface area contributed by atoms with Crippen LogP contribution in [0.4, 0.5) is 0 Å². The second kappa shape index (κ2) is 8.35. The van der Waals surface area contributed by atoms with Crippen molar-refractivity contribution >= 4 is 0 Å². The van der Waals surface area contributed by atoms with Crippen LogP contribution in [0.5, 0.6) is 0 Å². The molecule has 1 fully saturated rings. The summed E-state index contributed by atoms with van der Waals surface area (Å²) in [6.45, 7) is 12.2. The highest BCUT2D eigenvalue weighted by Crippen LogP contribution is 2.32. The van der Waals surface area contributed by atoms with Crippen LogP contribution >= 0.6 is 0 Å². The average Bonchev–Trinajstić information content (AvgIpc) is 2.40. The van der Waals surface area contributed by atoms with E-state index in [-0.39, 0.29) is 18.2 Å². The lowest BCUT2D eigenvalue weighted by atomic mass is 9.80. The number of aliphatic hydroxyl groups is 1. The van der Waals surface area contributed by atoms with E-state index in [0.717, 1.165) is 31.2 Å². The Morgan fingerprint density at radius 3 is 2.55 bits per heavy atom. The van der Waals surface area contributed by atoms with Crippen LogP contribution in [0.25, 0.3) is 0 Å². The number of hydrogen-bond acceptors (Lipinski definition) is 3. The molecule has 0 aromatic rings. The van der Waals surface area contributed by atoms with Crippen LogP contribution in [-0.4, -0.2) is 36.0 Å². The molecule has 1 saturated carbocycles. The number of aliphatic hydroxyl groups excluding tert-OH is 1. The Hall–Kier alpha value is -0.120. The smallest absolute Gasteiger partial charge is 0.0611 e. The Bertz CT molecular complexity index is 272. The minimum Gasteiger partial charge on any atom is -0.394 e. The van der Waals surface area contributed by atoms with E-state index in [9.17, 15) is 5.11 Å². The summed E-state index contributed by atoms with van der Waals surface area (Å²) in [6.07, 6.45) is 6.21. The maximum Gasteiger partial charge on any atom is 0.0611 e. The molecule has 0 aromatic heterocycles. The summed E-state index contributed by atoms with van der Waals surface area (Å²) in [5.74, 6) is 1.60. The molecule has 3 nitrogen and oxygen atoms in total. The van der Waals surface area contributed by atoms with Crippen molar-refractivity contribution in [3.63, 3.8) is 0 Å². The first-order chi connectivity index (χ1) is 9.40. The van der Waals surface area contributed by atoms with Gasteiger partial charge in [0.15, 0.2) is 0 Å². The van der Waals surface area contributed by atoms with E-state index < -0.39 is 0 Å². The molecule has 1 aliphatic rings. The Kier molecular flexibility index (Phi) is 7.49. The molecule has 120 valence electrons. The van der Waals surface area contributed by atoms with Gasteiger partial charge < -0.3 is 15.2 Å². The van der Waals surface area contributed by atoms with Gasteiger partial charge in [-0.2, -0.15) is 0 Å². The Labute approximate surface area is 125 Å². The van der Waals surface area contributed by atoms with Crippen molar-refractivity contribution in [2.75, 3.05) is 13.2 Å². The molecule has 0 spiro atoms. The van der Waals surface area contributed by atoms with Crippen molar-refractivity contribution in [2.24, 2.45) is 11.8 Å². The van der Waals surface area contributed by atoms with Crippen LogP contribution in [0.3, 0.4) is 0 Å².